The minimum absolute atomic E-state index is 0.194. The van der Waals surface area contributed by atoms with Crippen molar-refractivity contribution in [1.29, 1.82) is 0 Å². The summed E-state index contributed by atoms with van der Waals surface area (Å²) in [5.74, 6) is -2.49. The molecule has 0 radical (unpaired) electrons. The highest BCUT2D eigenvalue weighted by atomic mass is 19.1. The van der Waals surface area contributed by atoms with Crippen molar-refractivity contribution in [3.63, 3.8) is 0 Å². The fraction of sp³-hybridized carbons (Fsp3) is 0.417. The highest BCUT2D eigenvalue weighted by Gasteiger charge is 2.16. The first-order valence-electron chi connectivity index (χ1n) is 5.37. The second-order valence-corrected chi connectivity index (χ2v) is 3.97. The zero-order chi connectivity index (χ0) is 13.0. The maximum Gasteiger partial charge on any atom is 0.341 e. The Morgan fingerprint density at radius 2 is 2.06 bits per heavy atom. The first-order valence-corrected chi connectivity index (χ1v) is 5.37. The maximum absolute atomic E-state index is 13.3. The van der Waals surface area contributed by atoms with Crippen LogP contribution in [0.15, 0.2) is 12.1 Å². The molecule has 17 heavy (non-hydrogen) atoms. The third-order valence-corrected chi connectivity index (χ3v) is 2.50. The number of ether oxygens (including phenoxy) is 1. The monoisotopic (exact) mass is 243 g/mol. The van der Waals surface area contributed by atoms with Crippen molar-refractivity contribution < 1.29 is 18.3 Å². The number of halogens is 2. The Morgan fingerprint density at radius 1 is 1.41 bits per heavy atom. The highest BCUT2D eigenvalue weighted by molar-refractivity contribution is 5.90. The molecule has 1 aromatic carbocycles. The van der Waals surface area contributed by atoms with E-state index in [1.165, 1.54) is 0 Å². The van der Waals surface area contributed by atoms with Crippen LogP contribution >= 0.6 is 0 Å². The fourth-order valence-corrected chi connectivity index (χ4v) is 1.14. The zero-order valence-corrected chi connectivity index (χ0v) is 9.80. The topological polar surface area (TPSA) is 52.3 Å². The summed E-state index contributed by atoms with van der Waals surface area (Å²) in [6.07, 6.45) is 0.849. The van der Waals surface area contributed by atoms with Crippen molar-refractivity contribution >= 4 is 11.7 Å². The number of anilines is 1. The standard InChI is InChI=1S/C12H15F2NO2/c1-3-7(2)6-17-12(16)8-4-11(15)10(14)5-9(8)13/h4-5,7H,3,6,15H2,1-2H3. The second-order valence-electron chi connectivity index (χ2n) is 3.97. The van der Waals surface area contributed by atoms with Gasteiger partial charge in [-0.1, -0.05) is 20.3 Å². The molecule has 0 saturated carbocycles. The Hall–Kier alpha value is -1.65. The molecule has 94 valence electrons. The average Bonchev–Trinajstić information content (AvgIpc) is 2.30. The van der Waals surface area contributed by atoms with E-state index in [0.717, 1.165) is 12.5 Å². The number of benzene rings is 1. The molecule has 0 aliphatic rings. The molecule has 1 rings (SSSR count). The Labute approximate surface area is 98.6 Å². The van der Waals surface area contributed by atoms with Crippen molar-refractivity contribution in [2.75, 3.05) is 12.3 Å². The minimum Gasteiger partial charge on any atom is -0.462 e. The molecule has 2 N–H and O–H groups in total. The van der Waals surface area contributed by atoms with Gasteiger partial charge in [-0.15, -0.1) is 0 Å². The van der Waals surface area contributed by atoms with E-state index in [4.69, 9.17) is 10.5 Å². The molecule has 1 atom stereocenters. The number of hydrogen-bond donors (Lipinski definition) is 1. The van der Waals surface area contributed by atoms with Gasteiger partial charge in [-0.3, -0.25) is 0 Å². The molecule has 5 heteroatoms. The molecule has 0 fully saturated rings. The summed E-state index contributed by atoms with van der Waals surface area (Å²) in [4.78, 5) is 11.5. The van der Waals surface area contributed by atoms with Gasteiger partial charge in [0.15, 0.2) is 0 Å². The van der Waals surface area contributed by atoms with Gasteiger partial charge >= 0.3 is 5.97 Å². The van der Waals surface area contributed by atoms with Crippen LogP contribution in [0, 0.1) is 17.6 Å². The van der Waals surface area contributed by atoms with Gasteiger partial charge in [-0.25, -0.2) is 13.6 Å². The van der Waals surface area contributed by atoms with Crippen molar-refractivity contribution in [2.24, 2.45) is 5.92 Å². The third-order valence-electron chi connectivity index (χ3n) is 2.50. The predicted octanol–water partition coefficient (Wildman–Crippen LogP) is 2.75. The van der Waals surface area contributed by atoms with Gasteiger partial charge in [0.25, 0.3) is 0 Å². The van der Waals surface area contributed by atoms with Gasteiger partial charge < -0.3 is 10.5 Å². The van der Waals surface area contributed by atoms with Crippen molar-refractivity contribution in [3.8, 4) is 0 Å². The van der Waals surface area contributed by atoms with E-state index in [0.29, 0.717) is 6.07 Å². The van der Waals surface area contributed by atoms with Crippen LogP contribution in [0.5, 0.6) is 0 Å². The van der Waals surface area contributed by atoms with Crippen LogP contribution in [0.2, 0.25) is 0 Å². The van der Waals surface area contributed by atoms with E-state index in [-0.39, 0.29) is 23.8 Å². The van der Waals surface area contributed by atoms with Crippen LogP contribution in [-0.2, 0) is 4.74 Å². The molecule has 3 nitrogen and oxygen atoms in total. The molecule has 0 saturated heterocycles. The molecule has 1 aromatic rings. The van der Waals surface area contributed by atoms with Crippen LogP contribution in [0.25, 0.3) is 0 Å². The maximum atomic E-state index is 13.3. The van der Waals surface area contributed by atoms with Crippen LogP contribution < -0.4 is 5.73 Å². The molecule has 0 aliphatic heterocycles. The Morgan fingerprint density at radius 3 is 2.65 bits per heavy atom. The van der Waals surface area contributed by atoms with Gasteiger partial charge in [-0.2, -0.15) is 0 Å². The Bertz CT molecular complexity index is 421. The smallest absolute Gasteiger partial charge is 0.341 e. The first kappa shape index (κ1) is 13.4. The lowest BCUT2D eigenvalue weighted by molar-refractivity contribution is 0.0442. The number of nitrogens with two attached hydrogens (primary N) is 1. The molecule has 0 amide bonds. The van der Waals surface area contributed by atoms with E-state index >= 15 is 0 Å². The van der Waals surface area contributed by atoms with Crippen molar-refractivity contribution in [2.45, 2.75) is 20.3 Å². The Balaban J connectivity index is 2.79. The molecule has 0 bridgehead atoms. The lowest BCUT2D eigenvalue weighted by Gasteiger charge is -2.10. The summed E-state index contributed by atoms with van der Waals surface area (Å²) >= 11 is 0. The second kappa shape index (κ2) is 5.61. The number of carbonyl (C=O) groups is 1. The molecule has 1 unspecified atom stereocenters. The normalized spacial score (nSPS) is 12.2. The quantitative estimate of drug-likeness (QED) is 0.653. The van der Waals surface area contributed by atoms with Gasteiger partial charge in [0.2, 0.25) is 0 Å². The van der Waals surface area contributed by atoms with Crippen LogP contribution in [0.1, 0.15) is 30.6 Å². The number of rotatable bonds is 4. The number of nitrogen functional groups attached to an aromatic ring is 1. The highest BCUT2D eigenvalue weighted by Crippen LogP contribution is 2.17. The van der Waals surface area contributed by atoms with Crippen LogP contribution in [-0.4, -0.2) is 12.6 Å². The summed E-state index contributed by atoms with van der Waals surface area (Å²) in [7, 11) is 0. The molecular formula is C12H15F2NO2. The van der Waals surface area contributed by atoms with Crippen molar-refractivity contribution in [1.82, 2.24) is 0 Å². The van der Waals surface area contributed by atoms with E-state index < -0.39 is 17.6 Å². The Kier molecular flexibility index (Phi) is 4.43. The third kappa shape index (κ3) is 3.41. The van der Waals surface area contributed by atoms with E-state index in [1.807, 2.05) is 13.8 Å². The molecule has 0 aliphatic carbocycles. The van der Waals surface area contributed by atoms with E-state index in [9.17, 15) is 13.6 Å². The van der Waals surface area contributed by atoms with Crippen LogP contribution in [0.4, 0.5) is 14.5 Å². The molecule has 0 spiro atoms. The average molecular weight is 243 g/mol. The van der Waals surface area contributed by atoms with Crippen molar-refractivity contribution in [3.05, 3.63) is 29.3 Å². The minimum atomic E-state index is -0.967. The zero-order valence-electron chi connectivity index (χ0n) is 9.80. The number of esters is 1. The summed E-state index contributed by atoms with van der Waals surface area (Å²) in [6, 6.07) is 1.53. The number of carbonyl (C=O) groups excluding carboxylic acids is 1. The van der Waals surface area contributed by atoms with Gasteiger partial charge in [0, 0.05) is 6.07 Å². The molecule has 0 heterocycles. The molecular weight excluding hydrogens is 228 g/mol. The van der Waals surface area contributed by atoms with E-state index in [2.05, 4.69) is 0 Å². The predicted molar refractivity (Wildman–Crippen MR) is 60.5 cm³/mol. The summed E-state index contributed by atoms with van der Waals surface area (Å²) in [6.45, 7) is 4.06. The van der Waals surface area contributed by atoms with Gasteiger partial charge in [-0.05, 0) is 12.0 Å². The van der Waals surface area contributed by atoms with E-state index in [1.54, 1.807) is 0 Å². The van der Waals surface area contributed by atoms with Gasteiger partial charge in [0.05, 0.1) is 17.9 Å². The number of hydrogen-bond acceptors (Lipinski definition) is 3. The lowest BCUT2D eigenvalue weighted by Crippen LogP contribution is -2.13. The summed E-state index contributed by atoms with van der Waals surface area (Å²) in [5.41, 5.74) is 4.64. The molecule has 0 aromatic heterocycles. The lowest BCUT2D eigenvalue weighted by atomic mass is 10.1. The fourth-order valence-electron chi connectivity index (χ4n) is 1.14. The summed E-state index contributed by atoms with van der Waals surface area (Å²) in [5, 5.41) is 0. The largest absolute Gasteiger partial charge is 0.462 e. The first-order chi connectivity index (χ1) is 7.95. The summed E-state index contributed by atoms with van der Waals surface area (Å²) < 4.78 is 31.1. The van der Waals surface area contributed by atoms with Gasteiger partial charge in [0.1, 0.15) is 11.6 Å². The van der Waals surface area contributed by atoms with Crippen LogP contribution in [0.3, 0.4) is 0 Å². The SMILES string of the molecule is CCC(C)COC(=O)c1cc(N)c(F)cc1F.